The van der Waals surface area contributed by atoms with Crippen molar-refractivity contribution < 1.29 is 9.53 Å². The maximum atomic E-state index is 10.8. The molecule has 130 valence electrons. The van der Waals surface area contributed by atoms with Crippen molar-refractivity contribution in [1.29, 1.82) is 0 Å². The van der Waals surface area contributed by atoms with E-state index >= 15 is 0 Å². The van der Waals surface area contributed by atoms with Gasteiger partial charge in [0, 0.05) is 23.2 Å². The van der Waals surface area contributed by atoms with Gasteiger partial charge in [-0.15, -0.1) is 0 Å². The summed E-state index contributed by atoms with van der Waals surface area (Å²) in [5, 5.41) is 1.85. The van der Waals surface area contributed by atoms with E-state index in [9.17, 15) is 4.79 Å². The largest absolute Gasteiger partial charge is 0.378 e. The van der Waals surface area contributed by atoms with E-state index in [-0.39, 0.29) is 5.92 Å². The fraction of sp³-hybridized carbons (Fsp3) is 0.944. The van der Waals surface area contributed by atoms with Gasteiger partial charge in [-0.3, -0.25) is 0 Å². The summed E-state index contributed by atoms with van der Waals surface area (Å²) >= 11 is 7.03. The minimum absolute atomic E-state index is 0.186. The maximum Gasteiger partial charge on any atom is 0.123 e. The molecule has 0 amide bonds. The molecule has 1 aliphatic carbocycles. The predicted molar refractivity (Wildman–Crippen MR) is 101 cm³/mol. The number of halogens is 2. The first-order chi connectivity index (χ1) is 10.8. The third-order valence-corrected chi connectivity index (χ3v) is 6.46. The van der Waals surface area contributed by atoms with Crippen molar-refractivity contribution in [2.45, 2.75) is 76.7 Å². The van der Waals surface area contributed by atoms with Gasteiger partial charge >= 0.3 is 0 Å². The van der Waals surface area contributed by atoms with Crippen LogP contribution in [0.4, 0.5) is 0 Å². The average Bonchev–Trinajstić information content (AvgIpc) is 2.57. The van der Waals surface area contributed by atoms with Gasteiger partial charge in [-0.25, -0.2) is 0 Å². The Hall–Kier alpha value is 0.590. The van der Waals surface area contributed by atoms with E-state index in [1.807, 2.05) is 0 Å². The Morgan fingerprint density at radius 3 is 2.36 bits per heavy atom. The molecule has 0 bridgehead atoms. The predicted octanol–water partition coefficient (Wildman–Crippen LogP) is 5.90. The first-order valence-electron chi connectivity index (χ1n) is 8.99. The Balaban J connectivity index is 1.97. The lowest BCUT2D eigenvalue weighted by Gasteiger charge is -2.22. The minimum atomic E-state index is 0.186. The van der Waals surface area contributed by atoms with Gasteiger partial charge in [-0.05, 0) is 44.4 Å². The van der Waals surface area contributed by atoms with Crippen molar-refractivity contribution in [2.24, 2.45) is 11.8 Å². The first-order valence-corrected chi connectivity index (χ1v) is 11.2. The van der Waals surface area contributed by atoms with Crippen LogP contribution in [0, 0.1) is 11.8 Å². The molecule has 1 saturated carbocycles. The number of rotatable bonds is 13. The first kappa shape index (κ1) is 20.6. The maximum absolute atomic E-state index is 10.8. The highest BCUT2D eigenvalue weighted by molar-refractivity contribution is 9.09. The smallest absolute Gasteiger partial charge is 0.123 e. The molecule has 2 atom stereocenters. The zero-order chi connectivity index (χ0) is 16.0. The number of ether oxygens (including phenoxy) is 1. The van der Waals surface area contributed by atoms with E-state index in [0.717, 1.165) is 36.4 Å². The monoisotopic (exact) mass is 438 g/mol. The molecule has 1 fully saturated rings. The minimum Gasteiger partial charge on any atom is -0.378 e. The summed E-state index contributed by atoms with van der Waals surface area (Å²) in [6.45, 7) is 0.945. The van der Waals surface area contributed by atoms with Gasteiger partial charge in [-0.1, -0.05) is 64.0 Å². The molecule has 4 heteroatoms. The normalized spacial score (nSPS) is 19.0. The molecule has 0 heterocycles. The Morgan fingerprint density at radius 1 is 0.955 bits per heavy atom. The molecule has 0 spiro atoms. The van der Waals surface area contributed by atoms with Gasteiger partial charge in [0.1, 0.15) is 6.29 Å². The molecule has 1 rings (SSSR count). The summed E-state index contributed by atoms with van der Waals surface area (Å²) < 4.78 is 5.97. The van der Waals surface area contributed by atoms with Crippen molar-refractivity contribution in [3.05, 3.63) is 0 Å². The van der Waals surface area contributed by atoms with Crippen LogP contribution in [-0.2, 0) is 9.53 Å². The molecule has 0 radical (unpaired) electrons. The van der Waals surface area contributed by atoms with Crippen LogP contribution in [-0.4, -0.2) is 29.7 Å². The summed E-state index contributed by atoms with van der Waals surface area (Å²) in [6, 6.07) is 0. The second-order valence-corrected chi connectivity index (χ2v) is 7.92. The molecule has 0 aliphatic heterocycles. The summed E-state index contributed by atoms with van der Waals surface area (Å²) in [7, 11) is 0. The standard InChI is InChI=1S/C18H32Br2O2/c19-13-16(10-11-17(14-20)15-21)7-3-2-6-12-22-18-8-4-1-5-9-18/h15-18H,1-14H2. The molecule has 22 heavy (non-hydrogen) atoms. The lowest BCUT2D eigenvalue weighted by atomic mass is 9.94. The van der Waals surface area contributed by atoms with Crippen molar-refractivity contribution in [1.82, 2.24) is 0 Å². The second-order valence-electron chi connectivity index (χ2n) is 6.63. The molecular weight excluding hydrogens is 408 g/mol. The number of hydrogen-bond donors (Lipinski definition) is 0. The molecule has 0 aromatic carbocycles. The SMILES string of the molecule is O=CC(CBr)CCC(CBr)CCCCCOC1CCCCC1. The summed E-state index contributed by atoms with van der Waals surface area (Å²) in [6.07, 6.45) is 15.5. The van der Waals surface area contributed by atoms with Crippen molar-refractivity contribution in [3.63, 3.8) is 0 Å². The van der Waals surface area contributed by atoms with E-state index in [0.29, 0.717) is 12.0 Å². The van der Waals surface area contributed by atoms with Gasteiger partial charge < -0.3 is 9.53 Å². The van der Waals surface area contributed by atoms with E-state index in [4.69, 9.17) is 4.74 Å². The van der Waals surface area contributed by atoms with Crippen LogP contribution in [0.15, 0.2) is 0 Å². The molecule has 2 unspecified atom stereocenters. The van der Waals surface area contributed by atoms with Crippen LogP contribution in [0.2, 0.25) is 0 Å². The van der Waals surface area contributed by atoms with Gasteiger partial charge in [0.05, 0.1) is 6.10 Å². The van der Waals surface area contributed by atoms with Crippen LogP contribution in [0.1, 0.15) is 70.6 Å². The fourth-order valence-electron chi connectivity index (χ4n) is 3.12. The molecule has 0 aromatic heterocycles. The zero-order valence-electron chi connectivity index (χ0n) is 13.8. The third kappa shape index (κ3) is 9.67. The number of alkyl halides is 2. The molecule has 2 nitrogen and oxygen atoms in total. The molecule has 1 aliphatic rings. The summed E-state index contributed by atoms with van der Waals surface area (Å²) in [5.74, 6) is 0.895. The summed E-state index contributed by atoms with van der Waals surface area (Å²) in [4.78, 5) is 10.8. The van der Waals surface area contributed by atoms with Crippen LogP contribution < -0.4 is 0 Å². The van der Waals surface area contributed by atoms with Crippen LogP contribution in [0.3, 0.4) is 0 Å². The second kappa shape index (κ2) is 14.0. The topological polar surface area (TPSA) is 26.3 Å². The number of hydrogen-bond acceptors (Lipinski definition) is 2. The molecular formula is C18H32Br2O2. The van der Waals surface area contributed by atoms with Gasteiger partial charge in [-0.2, -0.15) is 0 Å². The number of carbonyl (C=O) groups is 1. The van der Waals surface area contributed by atoms with E-state index in [1.54, 1.807) is 0 Å². The number of unbranched alkanes of at least 4 members (excludes halogenated alkanes) is 2. The number of carbonyl (C=O) groups excluding carboxylic acids is 1. The van der Waals surface area contributed by atoms with E-state index in [2.05, 4.69) is 31.9 Å². The van der Waals surface area contributed by atoms with Crippen molar-refractivity contribution >= 4 is 38.1 Å². The van der Waals surface area contributed by atoms with Crippen molar-refractivity contribution in [3.8, 4) is 0 Å². The average molecular weight is 440 g/mol. The Bertz CT molecular complexity index is 268. The fourth-order valence-corrected chi connectivity index (χ4v) is 4.25. The molecule has 0 N–H and O–H groups in total. The van der Waals surface area contributed by atoms with Crippen molar-refractivity contribution in [2.75, 3.05) is 17.3 Å². The van der Waals surface area contributed by atoms with Crippen LogP contribution in [0.25, 0.3) is 0 Å². The van der Waals surface area contributed by atoms with E-state index in [1.165, 1.54) is 57.8 Å². The number of aldehydes is 1. The highest BCUT2D eigenvalue weighted by Crippen LogP contribution is 2.22. The van der Waals surface area contributed by atoms with Gasteiger partial charge in [0.2, 0.25) is 0 Å². The highest BCUT2D eigenvalue weighted by atomic mass is 79.9. The van der Waals surface area contributed by atoms with Gasteiger partial charge in [0.25, 0.3) is 0 Å². The molecule has 0 aromatic rings. The Kier molecular flexibility index (Phi) is 13.1. The third-order valence-electron chi connectivity index (χ3n) is 4.72. The van der Waals surface area contributed by atoms with Gasteiger partial charge in [0.15, 0.2) is 0 Å². The summed E-state index contributed by atoms with van der Waals surface area (Å²) in [5.41, 5.74) is 0. The Morgan fingerprint density at radius 2 is 1.73 bits per heavy atom. The van der Waals surface area contributed by atoms with E-state index < -0.39 is 0 Å². The highest BCUT2D eigenvalue weighted by Gasteiger charge is 2.14. The molecule has 0 saturated heterocycles. The lowest BCUT2D eigenvalue weighted by molar-refractivity contribution is -0.110. The van der Waals surface area contributed by atoms with Crippen LogP contribution in [0.5, 0.6) is 0 Å². The van der Waals surface area contributed by atoms with Crippen LogP contribution >= 0.6 is 31.9 Å². The zero-order valence-corrected chi connectivity index (χ0v) is 17.0. The Labute approximate surface area is 153 Å². The quantitative estimate of drug-likeness (QED) is 0.203. The lowest BCUT2D eigenvalue weighted by Crippen LogP contribution is -2.17.